The fraction of sp³-hybridized carbons (Fsp3) is 0.0870. The second kappa shape index (κ2) is 7.70. The lowest BCUT2D eigenvalue weighted by Crippen LogP contribution is -2.24. The Kier molecular flexibility index (Phi) is 5.18. The molecule has 8 heteroatoms. The number of benzene rings is 3. The van der Waals surface area contributed by atoms with E-state index in [1.807, 2.05) is 0 Å². The highest BCUT2D eigenvalue weighted by molar-refractivity contribution is 7.92. The number of para-hydroxylation sites is 1. The second-order valence-electron chi connectivity index (χ2n) is 6.90. The predicted molar refractivity (Wildman–Crippen MR) is 112 cm³/mol. The molecule has 1 heterocycles. The van der Waals surface area contributed by atoms with E-state index in [1.165, 1.54) is 16.8 Å². The third kappa shape index (κ3) is 3.63. The summed E-state index contributed by atoms with van der Waals surface area (Å²) in [6.45, 7) is 1.71. The topological polar surface area (TPSA) is 52.0 Å². The molecule has 0 aliphatic rings. The Morgan fingerprint density at radius 1 is 0.806 bits per heavy atom. The molecule has 31 heavy (non-hydrogen) atoms. The van der Waals surface area contributed by atoms with Crippen LogP contribution in [-0.4, -0.2) is 23.7 Å². The SMILES string of the molecule is Cc1ccccc1-c1c(S(=O)(=O)C(F)(F)F)c(-c2ccccc2)nn1-c1ccccc1. The molecule has 158 valence electrons. The third-order valence-corrected chi connectivity index (χ3v) is 6.40. The monoisotopic (exact) mass is 442 g/mol. The Balaban J connectivity index is 2.20. The van der Waals surface area contributed by atoms with Crippen molar-refractivity contribution in [1.29, 1.82) is 0 Å². The third-order valence-electron chi connectivity index (χ3n) is 4.86. The summed E-state index contributed by atoms with van der Waals surface area (Å²) in [6.07, 6.45) is 0. The van der Waals surface area contributed by atoms with Crippen molar-refractivity contribution >= 4 is 9.84 Å². The van der Waals surface area contributed by atoms with E-state index in [0.29, 0.717) is 16.8 Å². The van der Waals surface area contributed by atoms with Gasteiger partial charge in [-0.1, -0.05) is 72.8 Å². The Morgan fingerprint density at radius 3 is 1.94 bits per heavy atom. The van der Waals surface area contributed by atoms with Crippen LogP contribution < -0.4 is 0 Å². The van der Waals surface area contributed by atoms with Crippen LogP contribution in [0.2, 0.25) is 0 Å². The van der Waals surface area contributed by atoms with Crippen LogP contribution in [0.15, 0.2) is 89.8 Å². The number of hydrogen-bond donors (Lipinski definition) is 0. The standard InChI is InChI=1S/C23H17F3N2O2S/c1-16-10-8-9-15-19(16)21-22(31(29,30)23(24,25)26)20(17-11-4-2-5-12-17)27-28(21)18-13-6-3-7-14-18/h2-15H,1H3. The van der Waals surface area contributed by atoms with Crippen molar-refractivity contribution in [2.75, 3.05) is 0 Å². The van der Waals surface area contributed by atoms with Gasteiger partial charge in [-0.05, 0) is 24.6 Å². The maximum Gasteiger partial charge on any atom is 0.502 e. The number of aromatic nitrogens is 2. The van der Waals surface area contributed by atoms with Crippen LogP contribution in [0.1, 0.15) is 5.56 Å². The fourth-order valence-corrected chi connectivity index (χ4v) is 4.49. The van der Waals surface area contributed by atoms with Gasteiger partial charge in [0.05, 0.1) is 11.4 Å². The van der Waals surface area contributed by atoms with E-state index in [2.05, 4.69) is 5.10 Å². The minimum Gasteiger partial charge on any atom is -0.231 e. The van der Waals surface area contributed by atoms with E-state index in [-0.39, 0.29) is 17.0 Å². The molecule has 1 aromatic heterocycles. The van der Waals surface area contributed by atoms with Crippen molar-refractivity contribution in [3.63, 3.8) is 0 Å². The van der Waals surface area contributed by atoms with Gasteiger partial charge in [0.1, 0.15) is 10.6 Å². The molecule has 0 spiro atoms. The van der Waals surface area contributed by atoms with Gasteiger partial charge < -0.3 is 0 Å². The first kappa shape index (κ1) is 20.9. The van der Waals surface area contributed by atoms with E-state index < -0.39 is 20.2 Å². The highest BCUT2D eigenvalue weighted by atomic mass is 32.2. The summed E-state index contributed by atoms with van der Waals surface area (Å²) >= 11 is 0. The summed E-state index contributed by atoms with van der Waals surface area (Å²) in [5.74, 6) is 0. The summed E-state index contributed by atoms with van der Waals surface area (Å²) in [6, 6.07) is 23.2. The van der Waals surface area contributed by atoms with Crippen LogP contribution in [0.25, 0.3) is 28.2 Å². The number of nitrogens with zero attached hydrogens (tertiary/aromatic N) is 2. The Hall–Kier alpha value is -3.39. The lowest BCUT2D eigenvalue weighted by Gasteiger charge is -2.14. The van der Waals surface area contributed by atoms with Gasteiger partial charge >= 0.3 is 5.51 Å². The Bertz CT molecular complexity index is 1330. The van der Waals surface area contributed by atoms with Crippen LogP contribution in [0.4, 0.5) is 13.2 Å². The molecule has 0 atom stereocenters. The number of halogens is 3. The quantitative estimate of drug-likeness (QED) is 0.401. The summed E-state index contributed by atoms with van der Waals surface area (Å²) in [4.78, 5) is -0.857. The zero-order valence-electron chi connectivity index (χ0n) is 16.3. The van der Waals surface area contributed by atoms with Gasteiger partial charge in [-0.2, -0.15) is 18.3 Å². The van der Waals surface area contributed by atoms with Crippen LogP contribution in [0.3, 0.4) is 0 Å². The fourth-order valence-electron chi connectivity index (χ4n) is 3.39. The summed E-state index contributed by atoms with van der Waals surface area (Å²) < 4.78 is 68.3. The Morgan fingerprint density at radius 2 is 1.35 bits per heavy atom. The Labute approximate surface area is 177 Å². The van der Waals surface area contributed by atoms with E-state index >= 15 is 0 Å². The summed E-state index contributed by atoms with van der Waals surface area (Å²) in [5, 5.41) is 4.39. The highest BCUT2D eigenvalue weighted by Crippen LogP contribution is 2.43. The minimum absolute atomic E-state index is 0.125. The summed E-state index contributed by atoms with van der Waals surface area (Å²) in [5.41, 5.74) is -4.17. The molecule has 0 saturated heterocycles. The zero-order chi connectivity index (χ0) is 22.2. The molecular formula is C23H17F3N2O2S. The van der Waals surface area contributed by atoms with Crippen molar-refractivity contribution in [2.45, 2.75) is 17.3 Å². The second-order valence-corrected chi connectivity index (χ2v) is 8.78. The molecule has 0 aliphatic heterocycles. The lowest BCUT2D eigenvalue weighted by molar-refractivity contribution is -0.0435. The smallest absolute Gasteiger partial charge is 0.231 e. The molecule has 0 saturated carbocycles. The van der Waals surface area contributed by atoms with Crippen LogP contribution >= 0.6 is 0 Å². The molecule has 0 fully saturated rings. The number of hydrogen-bond acceptors (Lipinski definition) is 3. The van der Waals surface area contributed by atoms with Crippen molar-refractivity contribution in [2.24, 2.45) is 0 Å². The lowest BCUT2D eigenvalue weighted by atomic mass is 10.0. The predicted octanol–water partition coefficient (Wildman–Crippen LogP) is 5.81. The van der Waals surface area contributed by atoms with Gasteiger partial charge in [0.2, 0.25) is 0 Å². The van der Waals surface area contributed by atoms with Crippen LogP contribution in [0, 0.1) is 6.92 Å². The van der Waals surface area contributed by atoms with E-state index in [4.69, 9.17) is 0 Å². The normalized spacial score (nSPS) is 12.1. The molecule has 3 aromatic carbocycles. The molecule has 0 bridgehead atoms. The molecule has 4 aromatic rings. The molecule has 4 nitrogen and oxygen atoms in total. The average Bonchev–Trinajstić information content (AvgIpc) is 3.16. The van der Waals surface area contributed by atoms with Gasteiger partial charge in [-0.15, -0.1) is 0 Å². The maximum absolute atomic E-state index is 13.8. The van der Waals surface area contributed by atoms with Crippen molar-refractivity contribution in [3.8, 4) is 28.2 Å². The first-order valence-corrected chi connectivity index (χ1v) is 10.8. The van der Waals surface area contributed by atoms with Crippen molar-refractivity contribution in [1.82, 2.24) is 9.78 Å². The van der Waals surface area contributed by atoms with Gasteiger partial charge in [-0.3, -0.25) is 0 Å². The van der Waals surface area contributed by atoms with Gasteiger partial charge in [0, 0.05) is 11.1 Å². The highest BCUT2D eigenvalue weighted by Gasteiger charge is 2.51. The zero-order valence-corrected chi connectivity index (χ0v) is 17.2. The van der Waals surface area contributed by atoms with E-state index in [1.54, 1.807) is 79.7 Å². The molecule has 0 N–H and O–H groups in total. The van der Waals surface area contributed by atoms with Gasteiger partial charge in [-0.25, -0.2) is 13.1 Å². The molecular weight excluding hydrogens is 425 g/mol. The van der Waals surface area contributed by atoms with E-state index in [0.717, 1.165) is 0 Å². The van der Waals surface area contributed by atoms with Crippen molar-refractivity contribution < 1.29 is 21.6 Å². The largest absolute Gasteiger partial charge is 0.502 e. The number of sulfone groups is 1. The molecule has 0 aliphatic carbocycles. The molecule has 0 radical (unpaired) electrons. The first-order valence-electron chi connectivity index (χ1n) is 9.33. The molecule has 4 rings (SSSR count). The summed E-state index contributed by atoms with van der Waals surface area (Å²) in [7, 11) is -5.72. The van der Waals surface area contributed by atoms with Gasteiger partial charge in [0.25, 0.3) is 9.84 Å². The van der Waals surface area contributed by atoms with E-state index in [9.17, 15) is 21.6 Å². The number of alkyl halides is 3. The first-order chi connectivity index (χ1) is 14.7. The molecule has 0 unspecified atom stereocenters. The number of rotatable bonds is 4. The van der Waals surface area contributed by atoms with Crippen LogP contribution in [0.5, 0.6) is 0 Å². The van der Waals surface area contributed by atoms with Crippen molar-refractivity contribution in [3.05, 3.63) is 90.5 Å². The minimum atomic E-state index is -5.72. The maximum atomic E-state index is 13.8. The number of aryl methyl sites for hydroxylation is 1. The molecule has 0 amide bonds. The van der Waals surface area contributed by atoms with Gasteiger partial charge in [0.15, 0.2) is 0 Å². The average molecular weight is 442 g/mol. The van der Waals surface area contributed by atoms with Crippen LogP contribution in [-0.2, 0) is 9.84 Å².